The van der Waals surface area contributed by atoms with Gasteiger partial charge in [0, 0.05) is 18.1 Å². The summed E-state index contributed by atoms with van der Waals surface area (Å²) in [5.74, 6) is -0.746. The molecule has 1 amide bonds. The van der Waals surface area contributed by atoms with E-state index in [-0.39, 0.29) is 18.3 Å². The lowest BCUT2D eigenvalue weighted by atomic mass is 10.2. The first-order valence-corrected chi connectivity index (χ1v) is 5.36. The minimum absolute atomic E-state index is 0.0845. The Morgan fingerprint density at radius 1 is 1.69 bits per heavy atom. The van der Waals surface area contributed by atoms with E-state index in [0.717, 1.165) is 0 Å². The fourth-order valence-corrected chi connectivity index (χ4v) is 1.56. The van der Waals surface area contributed by atoms with Crippen LogP contribution in [0.5, 0.6) is 0 Å². The van der Waals surface area contributed by atoms with Crippen molar-refractivity contribution in [3.05, 3.63) is 28.5 Å². The minimum Gasteiger partial charge on any atom is -0.370 e. The molecule has 0 spiro atoms. The van der Waals surface area contributed by atoms with Crippen LogP contribution in [-0.4, -0.2) is 25.7 Å². The van der Waals surface area contributed by atoms with Crippen LogP contribution in [0.2, 0.25) is 0 Å². The number of benzene rings is 1. The van der Waals surface area contributed by atoms with Crippen molar-refractivity contribution < 1.29 is 13.9 Å². The van der Waals surface area contributed by atoms with Crippen molar-refractivity contribution in [2.45, 2.75) is 6.10 Å². The minimum atomic E-state index is -0.711. The number of rotatable bonds is 4. The first-order valence-electron chi connectivity index (χ1n) is 4.57. The second-order valence-corrected chi connectivity index (χ2v) is 3.93. The van der Waals surface area contributed by atoms with Crippen LogP contribution in [0.4, 0.5) is 10.1 Å². The maximum Gasteiger partial charge on any atom is 0.254 e. The summed E-state index contributed by atoms with van der Waals surface area (Å²) in [6.45, 7) is 0.0845. The molecule has 0 aliphatic carbocycles. The van der Waals surface area contributed by atoms with Gasteiger partial charge in [-0.2, -0.15) is 0 Å². The normalized spacial score (nSPS) is 12.2. The van der Waals surface area contributed by atoms with Crippen molar-refractivity contribution in [2.75, 3.05) is 19.0 Å². The summed E-state index contributed by atoms with van der Waals surface area (Å²) < 4.78 is 18.1. The summed E-state index contributed by atoms with van der Waals surface area (Å²) in [5, 5.41) is 2.58. The number of halogens is 2. The van der Waals surface area contributed by atoms with Gasteiger partial charge in [-0.05, 0) is 34.1 Å². The molecule has 4 nitrogen and oxygen atoms in total. The number of anilines is 1. The van der Waals surface area contributed by atoms with E-state index in [1.807, 2.05) is 0 Å². The van der Waals surface area contributed by atoms with Crippen molar-refractivity contribution >= 4 is 27.5 Å². The van der Waals surface area contributed by atoms with E-state index in [4.69, 9.17) is 10.5 Å². The number of nitrogens with one attached hydrogen (secondary N) is 1. The van der Waals surface area contributed by atoms with E-state index in [1.165, 1.54) is 25.3 Å². The van der Waals surface area contributed by atoms with Gasteiger partial charge in [0.2, 0.25) is 0 Å². The van der Waals surface area contributed by atoms with Crippen LogP contribution in [0.25, 0.3) is 0 Å². The summed E-state index contributed by atoms with van der Waals surface area (Å²) in [5.41, 5.74) is 5.82. The molecule has 0 saturated carbocycles. The van der Waals surface area contributed by atoms with E-state index < -0.39 is 6.10 Å². The Balaban J connectivity index is 2.76. The smallest absolute Gasteiger partial charge is 0.254 e. The van der Waals surface area contributed by atoms with Crippen LogP contribution in [0, 0.1) is 5.82 Å². The number of nitrogens with two attached hydrogens (primary N) is 1. The third kappa shape index (κ3) is 3.26. The summed E-state index contributed by atoms with van der Waals surface area (Å²) in [4.78, 5) is 11.6. The molecule has 0 aliphatic heterocycles. The molecule has 0 radical (unpaired) electrons. The van der Waals surface area contributed by atoms with Crippen LogP contribution in [0.15, 0.2) is 22.7 Å². The maximum absolute atomic E-state index is 12.8. The largest absolute Gasteiger partial charge is 0.370 e. The zero-order chi connectivity index (χ0) is 12.1. The van der Waals surface area contributed by atoms with Gasteiger partial charge >= 0.3 is 0 Å². The molecule has 1 unspecified atom stereocenters. The zero-order valence-corrected chi connectivity index (χ0v) is 10.3. The average molecular weight is 291 g/mol. The van der Waals surface area contributed by atoms with Crippen molar-refractivity contribution in [1.29, 1.82) is 0 Å². The van der Waals surface area contributed by atoms with Gasteiger partial charge in [-0.15, -0.1) is 0 Å². The average Bonchev–Trinajstić information content (AvgIpc) is 2.24. The van der Waals surface area contributed by atoms with Gasteiger partial charge in [-0.1, -0.05) is 0 Å². The molecule has 16 heavy (non-hydrogen) atoms. The predicted molar refractivity (Wildman–Crippen MR) is 62.6 cm³/mol. The second-order valence-electron chi connectivity index (χ2n) is 3.07. The highest BCUT2D eigenvalue weighted by Crippen LogP contribution is 2.23. The zero-order valence-electron chi connectivity index (χ0n) is 8.67. The molecule has 1 rings (SSSR count). The Labute approximate surface area is 101 Å². The topological polar surface area (TPSA) is 64.3 Å². The lowest BCUT2D eigenvalue weighted by Crippen LogP contribution is -2.35. The fourth-order valence-electron chi connectivity index (χ4n) is 1.11. The standard InChI is InChI=1S/C10H12BrFN2O2/c1-16-9(5-13)10(15)14-8-3-2-6(12)4-7(8)11/h2-4,9H,5,13H2,1H3,(H,14,15). The van der Waals surface area contributed by atoms with E-state index >= 15 is 0 Å². The number of carbonyl (C=O) groups is 1. The molecule has 0 saturated heterocycles. The quantitative estimate of drug-likeness (QED) is 0.883. The maximum atomic E-state index is 12.8. The number of carbonyl (C=O) groups excluding carboxylic acids is 1. The molecule has 3 N–H and O–H groups in total. The third-order valence-corrected chi connectivity index (χ3v) is 2.64. The molecule has 0 bridgehead atoms. The van der Waals surface area contributed by atoms with Gasteiger partial charge in [0.1, 0.15) is 11.9 Å². The van der Waals surface area contributed by atoms with Crippen molar-refractivity contribution in [2.24, 2.45) is 5.73 Å². The molecule has 1 atom stereocenters. The van der Waals surface area contributed by atoms with E-state index in [2.05, 4.69) is 21.2 Å². The van der Waals surface area contributed by atoms with Crippen molar-refractivity contribution in [3.63, 3.8) is 0 Å². The van der Waals surface area contributed by atoms with Gasteiger partial charge in [0.05, 0.1) is 5.69 Å². The molecule has 0 aliphatic rings. The first-order chi connectivity index (χ1) is 7.58. The second kappa shape index (κ2) is 5.93. The predicted octanol–water partition coefficient (Wildman–Crippen LogP) is 1.50. The van der Waals surface area contributed by atoms with Gasteiger partial charge in [0.15, 0.2) is 0 Å². The molecule has 6 heteroatoms. The van der Waals surface area contributed by atoms with Crippen LogP contribution in [-0.2, 0) is 9.53 Å². The Hall–Kier alpha value is -0.980. The van der Waals surface area contributed by atoms with Gasteiger partial charge in [-0.25, -0.2) is 4.39 Å². The van der Waals surface area contributed by atoms with Crippen molar-refractivity contribution in [3.8, 4) is 0 Å². The Morgan fingerprint density at radius 2 is 2.38 bits per heavy atom. The summed E-state index contributed by atoms with van der Waals surface area (Å²) in [7, 11) is 1.40. The Kier molecular flexibility index (Phi) is 4.85. The van der Waals surface area contributed by atoms with Crippen LogP contribution in [0.1, 0.15) is 0 Å². The van der Waals surface area contributed by atoms with Gasteiger partial charge in [-0.3, -0.25) is 4.79 Å². The Bertz CT molecular complexity index is 383. The Morgan fingerprint density at radius 3 is 2.88 bits per heavy atom. The van der Waals surface area contributed by atoms with E-state index in [1.54, 1.807) is 0 Å². The highest BCUT2D eigenvalue weighted by Gasteiger charge is 2.16. The molecule has 1 aromatic rings. The van der Waals surface area contributed by atoms with Gasteiger partial charge in [0.25, 0.3) is 5.91 Å². The molecular formula is C10H12BrFN2O2. The van der Waals surface area contributed by atoms with Crippen LogP contribution >= 0.6 is 15.9 Å². The van der Waals surface area contributed by atoms with E-state index in [0.29, 0.717) is 10.2 Å². The molecular weight excluding hydrogens is 279 g/mol. The van der Waals surface area contributed by atoms with Crippen molar-refractivity contribution in [1.82, 2.24) is 0 Å². The highest BCUT2D eigenvalue weighted by atomic mass is 79.9. The fraction of sp³-hybridized carbons (Fsp3) is 0.300. The molecule has 0 fully saturated rings. The first kappa shape index (κ1) is 13.1. The number of hydrogen-bond acceptors (Lipinski definition) is 3. The summed E-state index contributed by atoms with van der Waals surface area (Å²) in [6, 6.07) is 3.98. The number of amides is 1. The lowest BCUT2D eigenvalue weighted by Gasteiger charge is -2.13. The number of methoxy groups -OCH3 is 1. The monoisotopic (exact) mass is 290 g/mol. The van der Waals surface area contributed by atoms with Crippen LogP contribution in [0.3, 0.4) is 0 Å². The molecule has 1 aromatic carbocycles. The molecule has 88 valence electrons. The molecule has 0 heterocycles. The number of ether oxygens (including phenoxy) is 1. The van der Waals surface area contributed by atoms with E-state index in [9.17, 15) is 9.18 Å². The van der Waals surface area contributed by atoms with Crippen LogP contribution < -0.4 is 11.1 Å². The third-order valence-electron chi connectivity index (χ3n) is 1.98. The van der Waals surface area contributed by atoms with Gasteiger partial charge < -0.3 is 15.8 Å². The number of hydrogen-bond donors (Lipinski definition) is 2. The summed E-state index contributed by atoms with van der Waals surface area (Å²) in [6.07, 6.45) is -0.711. The lowest BCUT2D eigenvalue weighted by molar-refractivity contribution is -0.125. The SMILES string of the molecule is COC(CN)C(=O)Nc1ccc(F)cc1Br. The highest BCUT2D eigenvalue weighted by molar-refractivity contribution is 9.10. The molecule has 0 aromatic heterocycles. The summed E-state index contributed by atoms with van der Waals surface area (Å²) >= 11 is 3.14.